The molecule has 0 saturated heterocycles. The Bertz CT molecular complexity index is 521. The molecule has 0 spiro atoms. The smallest absolute Gasteiger partial charge is 0.325 e. The zero-order chi connectivity index (χ0) is 11.5. The molecular formula is C10H10N4O2. The Labute approximate surface area is 91.5 Å². The summed E-state index contributed by atoms with van der Waals surface area (Å²) in [7, 11) is 0. The number of aliphatic carboxylic acids is 1. The second kappa shape index (κ2) is 4.09. The lowest BCUT2D eigenvalue weighted by molar-refractivity contribution is -0.137. The molecule has 0 saturated carbocycles. The first kappa shape index (κ1) is 10.3. The lowest BCUT2D eigenvalue weighted by atomic mass is 10.1. The monoisotopic (exact) mass is 218 g/mol. The summed E-state index contributed by atoms with van der Waals surface area (Å²) in [6.45, 7) is 1.69. The van der Waals surface area contributed by atoms with E-state index in [2.05, 4.69) is 15.5 Å². The number of carboxylic acids is 1. The molecule has 0 fully saturated rings. The van der Waals surface area contributed by atoms with Crippen molar-refractivity contribution < 1.29 is 9.90 Å². The van der Waals surface area contributed by atoms with Gasteiger partial charge in [-0.2, -0.15) is 0 Å². The van der Waals surface area contributed by atoms with Crippen LogP contribution in [0.25, 0.3) is 11.4 Å². The van der Waals surface area contributed by atoms with Crippen molar-refractivity contribution in [1.82, 2.24) is 20.2 Å². The van der Waals surface area contributed by atoms with E-state index in [1.165, 1.54) is 4.68 Å². The van der Waals surface area contributed by atoms with Crippen LogP contribution < -0.4 is 0 Å². The molecule has 0 atom stereocenters. The summed E-state index contributed by atoms with van der Waals surface area (Å²) in [6.07, 6.45) is 0. The van der Waals surface area contributed by atoms with Crippen LogP contribution >= 0.6 is 0 Å². The molecule has 0 radical (unpaired) electrons. The minimum absolute atomic E-state index is 0.239. The second-order valence-electron chi connectivity index (χ2n) is 3.37. The van der Waals surface area contributed by atoms with E-state index in [-0.39, 0.29) is 6.54 Å². The van der Waals surface area contributed by atoms with Crippen LogP contribution in [0, 0.1) is 6.92 Å². The molecule has 1 N–H and O–H groups in total. The largest absolute Gasteiger partial charge is 0.480 e. The molecule has 2 rings (SSSR count). The van der Waals surface area contributed by atoms with Crippen LogP contribution in [0.1, 0.15) is 5.56 Å². The predicted octanol–water partition coefficient (Wildman–Crippen LogP) is 0.733. The van der Waals surface area contributed by atoms with Crippen molar-refractivity contribution in [1.29, 1.82) is 0 Å². The number of nitrogens with zero attached hydrogens (tertiary/aromatic N) is 4. The van der Waals surface area contributed by atoms with Gasteiger partial charge in [-0.05, 0) is 22.9 Å². The zero-order valence-corrected chi connectivity index (χ0v) is 8.66. The van der Waals surface area contributed by atoms with E-state index in [0.29, 0.717) is 5.82 Å². The van der Waals surface area contributed by atoms with E-state index < -0.39 is 5.97 Å². The maximum Gasteiger partial charge on any atom is 0.325 e. The highest BCUT2D eigenvalue weighted by molar-refractivity contribution is 5.68. The van der Waals surface area contributed by atoms with Crippen molar-refractivity contribution in [2.24, 2.45) is 0 Å². The Balaban J connectivity index is 2.45. The first-order valence-electron chi connectivity index (χ1n) is 4.72. The zero-order valence-electron chi connectivity index (χ0n) is 8.66. The Kier molecular flexibility index (Phi) is 2.63. The molecule has 1 heterocycles. The van der Waals surface area contributed by atoms with Crippen molar-refractivity contribution in [3.63, 3.8) is 0 Å². The minimum Gasteiger partial charge on any atom is -0.480 e. The van der Waals surface area contributed by atoms with E-state index in [9.17, 15) is 4.79 Å². The molecule has 0 bridgehead atoms. The summed E-state index contributed by atoms with van der Waals surface area (Å²) in [5.41, 5.74) is 1.85. The number of carboxylic acid groups (broad SMARTS) is 1. The van der Waals surface area contributed by atoms with E-state index in [4.69, 9.17) is 5.11 Å². The summed E-state index contributed by atoms with van der Waals surface area (Å²) in [6, 6.07) is 7.56. The van der Waals surface area contributed by atoms with Crippen LogP contribution in [0.4, 0.5) is 0 Å². The number of hydrogen-bond donors (Lipinski definition) is 1. The standard InChI is InChI=1S/C10H10N4O2/c1-7-4-2-3-5-8(7)10-11-12-13-14(10)6-9(15)16/h2-5H,6H2,1H3,(H,15,16). The maximum atomic E-state index is 10.6. The average molecular weight is 218 g/mol. The molecule has 0 unspecified atom stereocenters. The highest BCUT2D eigenvalue weighted by Gasteiger charge is 2.12. The first-order valence-corrected chi connectivity index (χ1v) is 4.72. The fourth-order valence-corrected chi connectivity index (χ4v) is 1.46. The maximum absolute atomic E-state index is 10.6. The van der Waals surface area contributed by atoms with Gasteiger partial charge in [-0.25, -0.2) is 4.68 Å². The normalized spacial score (nSPS) is 10.3. The number of benzene rings is 1. The Hall–Kier alpha value is -2.24. The molecule has 16 heavy (non-hydrogen) atoms. The molecule has 0 aliphatic carbocycles. The molecule has 1 aromatic heterocycles. The van der Waals surface area contributed by atoms with Crippen molar-refractivity contribution >= 4 is 5.97 Å². The second-order valence-corrected chi connectivity index (χ2v) is 3.37. The number of carbonyl (C=O) groups is 1. The van der Waals surface area contributed by atoms with Gasteiger partial charge in [0.25, 0.3) is 0 Å². The van der Waals surface area contributed by atoms with Crippen LogP contribution in [0.3, 0.4) is 0 Å². The van der Waals surface area contributed by atoms with Crippen LogP contribution in [-0.4, -0.2) is 31.3 Å². The molecule has 6 nitrogen and oxygen atoms in total. The first-order chi connectivity index (χ1) is 7.68. The summed E-state index contributed by atoms with van der Waals surface area (Å²) in [5.74, 6) is -0.498. The van der Waals surface area contributed by atoms with Gasteiger partial charge >= 0.3 is 5.97 Å². The number of rotatable bonds is 3. The lowest BCUT2D eigenvalue weighted by Gasteiger charge is -2.04. The summed E-state index contributed by atoms with van der Waals surface area (Å²) in [4.78, 5) is 10.6. The van der Waals surface area contributed by atoms with Crippen LogP contribution in [0.5, 0.6) is 0 Å². The SMILES string of the molecule is Cc1ccccc1-c1nnnn1CC(=O)O. The summed E-state index contributed by atoms with van der Waals surface area (Å²) >= 11 is 0. The minimum atomic E-state index is -0.970. The molecule has 2 aromatic rings. The third kappa shape index (κ3) is 1.90. The number of hydrogen-bond acceptors (Lipinski definition) is 4. The van der Waals surface area contributed by atoms with E-state index >= 15 is 0 Å². The Morgan fingerprint density at radius 3 is 2.88 bits per heavy atom. The van der Waals surface area contributed by atoms with Gasteiger partial charge in [0.1, 0.15) is 6.54 Å². The van der Waals surface area contributed by atoms with Crippen molar-refractivity contribution in [2.45, 2.75) is 13.5 Å². The van der Waals surface area contributed by atoms with Crippen LogP contribution in [0.2, 0.25) is 0 Å². The predicted molar refractivity (Wildman–Crippen MR) is 55.6 cm³/mol. The number of tetrazole rings is 1. The fourth-order valence-electron chi connectivity index (χ4n) is 1.46. The van der Waals surface area contributed by atoms with Gasteiger partial charge in [0.15, 0.2) is 5.82 Å². The van der Waals surface area contributed by atoms with Gasteiger partial charge in [-0.15, -0.1) is 5.10 Å². The van der Waals surface area contributed by atoms with Gasteiger partial charge < -0.3 is 5.11 Å². The van der Waals surface area contributed by atoms with Crippen LogP contribution in [0.15, 0.2) is 24.3 Å². The van der Waals surface area contributed by atoms with Gasteiger partial charge in [0.05, 0.1) is 0 Å². The van der Waals surface area contributed by atoms with Gasteiger partial charge in [-0.3, -0.25) is 4.79 Å². The van der Waals surface area contributed by atoms with Gasteiger partial charge in [0, 0.05) is 5.56 Å². The molecule has 82 valence electrons. The van der Waals surface area contributed by atoms with E-state index in [1.807, 2.05) is 31.2 Å². The fraction of sp³-hybridized carbons (Fsp3) is 0.200. The van der Waals surface area contributed by atoms with E-state index in [1.54, 1.807) is 0 Å². The average Bonchev–Trinajstić information content (AvgIpc) is 2.66. The van der Waals surface area contributed by atoms with Crippen LogP contribution in [-0.2, 0) is 11.3 Å². The number of aryl methyl sites for hydroxylation is 1. The highest BCUT2D eigenvalue weighted by atomic mass is 16.4. The Morgan fingerprint density at radius 2 is 2.19 bits per heavy atom. The van der Waals surface area contributed by atoms with Crippen molar-refractivity contribution in [2.75, 3.05) is 0 Å². The third-order valence-electron chi connectivity index (χ3n) is 2.20. The topological polar surface area (TPSA) is 80.9 Å². The summed E-state index contributed by atoms with van der Waals surface area (Å²) < 4.78 is 1.27. The third-order valence-corrected chi connectivity index (χ3v) is 2.20. The molecule has 0 amide bonds. The molecule has 6 heteroatoms. The lowest BCUT2D eigenvalue weighted by Crippen LogP contribution is -2.11. The summed E-state index contributed by atoms with van der Waals surface area (Å²) in [5, 5.41) is 19.7. The Morgan fingerprint density at radius 1 is 1.44 bits per heavy atom. The highest BCUT2D eigenvalue weighted by Crippen LogP contribution is 2.19. The van der Waals surface area contributed by atoms with Gasteiger partial charge in [-0.1, -0.05) is 24.3 Å². The molecular weight excluding hydrogens is 208 g/mol. The van der Waals surface area contributed by atoms with Crippen molar-refractivity contribution in [3.8, 4) is 11.4 Å². The quantitative estimate of drug-likeness (QED) is 0.821. The van der Waals surface area contributed by atoms with E-state index in [0.717, 1.165) is 11.1 Å². The van der Waals surface area contributed by atoms with Gasteiger partial charge in [0.2, 0.25) is 0 Å². The molecule has 1 aromatic carbocycles. The van der Waals surface area contributed by atoms with Crippen molar-refractivity contribution in [3.05, 3.63) is 29.8 Å². The number of aromatic nitrogens is 4. The molecule has 0 aliphatic heterocycles. The molecule has 0 aliphatic rings.